The van der Waals surface area contributed by atoms with Crippen molar-refractivity contribution in [3.63, 3.8) is 0 Å². The molecule has 1 aromatic heterocycles. The van der Waals surface area contributed by atoms with Crippen LogP contribution in [0.4, 0.5) is 5.69 Å². The van der Waals surface area contributed by atoms with Crippen molar-refractivity contribution in [1.29, 1.82) is 0 Å². The van der Waals surface area contributed by atoms with Crippen LogP contribution in [-0.2, 0) is 17.8 Å². The van der Waals surface area contributed by atoms with E-state index in [2.05, 4.69) is 43.0 Å². The van der Waals surface area contributed by atoms with Crippen LogP contribution in [0.15, 0.2) is 38.7 Å². The molecule has 138 valence electrons. The molecule has 3 rings (SSSR count). The number of thioether (sulfide) groups is 1. The highest BCUT2D eigenvalue weighted by Crippen LogP contribution is 2.19. The molecule has 0 atom stereocenters. The number of amides is 1. The second-order valence-corrected chi connectivity index (χ2v) is 8.05. The van der Waals surface area contributed by atoms with Crippen LogP contribution < -0.4 is 10.9 Å². The monoisotopic (exact) mass is 436 g/mol. The van der Waals surface area contributed by atoms with Crippen molar-refractivity contribution in [2.24, 2.45) is 0 Å². The van der Waals surface area contributed by atoms with E-state index in [0.29, 0.717) is 11.7 Å². The fraction of sp³-hybridized carbons (Fsp3) is 0.389. The number of nitrogens with one attached hydrogen (secondary N) is 2. The smallest absolute Gasteiger partial charge is 0.256 e. The number of carbonyl (C=O) groups excluding carboxylic acids is 1. The topological polar surface area (TPSA) is 78.1 Å². The summed E-state index contributed by atoms with van der Waals surface area (Å²) in [6.07, 6.45) is 1.85. The summed E-state index contributed by atoms with van der Waals surface area (Å²) in [6, 6.07) is 7.42. The van der Waals surface area contributed by atoms with Gasteiger partial charge in [0.25, 0.3) is 5.56 Å². The molecule has 1 aromatic carbocycles. The molecular weight excluding hydrogens is 416 g/mol. The molecule has 0 fully saturated rings. The van der Waals surface area contributed by atoms with Gasteiger partial charge in [-0.1, -0.05) is 40.7 Å². The Morgan fingerprint density at radius 1 is 1.46 bits per heavy atom. The Kier molecular flexibility index (Phi) is 6.50. The van der Waals surface area contributed by atoms with Gasteiger partial charge in [0.2, 0.25) is 5.91 Å². The molecule has 0 unspecified atom stereocenters. The SMILES string of the molecule is CCCN1CCc2nc(SCC(=O)Nc3cccc(Br)c3)[nH]c(=O)c2C1. The van der Waals surface area contributed by atoms with E-state index in [4.69, 9.17) is 0 Å². The Morgan fingerprint density at radius 2 is 2.31 bits per heavy atom. The van der Waals surface area contributed by atoms with Crippen LogP contribution in [-0.4, -0.2) is 39.6 Å². The zero-order valence-corrected chi connectivity index (χ0v) is 17.0. The first kappa shape index (κ1) is 19.1. The molecular formula is C18H21BrN4O2S. The summed E-state index contributed by atoms with van der Waals surface area (Å²) in [6.45, 7) is 4.70. The van der Waals surface area contributed by atoms with E-state index in [9.17, 15) is 9.59 Å². The van der Waals surface area contributed by atoms with Crippen molar-refractivity contribution >= 4 is 39.3 Å². The number of rotatable bonds is 6. The third-order valence-corrected chi connectivity index (χ3v) is 5.48. The number of nitrogens with zero attached hydrogens (tertiary/aromatic N) is 2. The van der Waals surface area contributed by atoms with Crippen LogP contribution >= 0.6 is 27.7 Å². The third-order valence-electron chi connectivity index (χ3n) is 4.11. The lowest BCUT2D eigenvalue weighted by Gasteiger charge is -2.27. The number of hydrogen-bond donors (Lipinski definition) is 2. The Labute approximate surface area is 164 Å². The van der Waals surface area contributed by atoms with E-state index in [0.717, 1.165) is 47.3 Å². The van der Waals surface area contributed by atoms with Crippen molar-refractivity contribution in [3.05, 3.63) is 50.3 Å². The van der Waals surface area contributed by atoms with Crippen LogP contribution in [0.3, 0.4) is 0 Å². The largest absolute Gasteiger partial charge is 0.325 e. The molecule has 2 heterocycles. The second kappa shape index (κ2) is 8.83. The first-order valence-electron chi connectivity index (χ1n) is 8.58. The molecule has 1 aliphatic heterocycles. The average Bonchev–Trinajstić information content (AvgIpc) is 2.61. The number of aromatic amines is 1. The minimum Gasteiger partial charge on any atom is -0.325 e. The molecule has 8 heteroatoms. The number of aromatic nitrogens is 2. The van der Waals surface area contributed by atoms with Crippen LogP contribution in [0, 0.1) is 0 Å². The highest BCUT2D eigenvalue weighted by molar-refractivity contribution is 9.10. The number of hydrogen-bond acceptors (Lipinski definition) is 5. The number of fused-ring (bicyclic) bond motifs is 1. The molecule has 1 amide bonds. The Morgan fingerprint density at radius 3 is 3.08 bits per heavy atom. The minimum absolute atomic E-state index is 0.0919. The molecule has 0 spiro atoms. The predicted molar refractivity (Wildman–Crippen MR) is 108 cm³/mol. The average molecular weight is 437 g/mol. The summed E-state index contributed by atoms with van der Waals surface area (Å²) in [4.78, 5) is 34.1. The number of anilines is 1. The molecule has 26 heavy (non-hydrogen) atoms. The van der Waals surface area contributed by atoms with Gasteiger partial charge in [-0.25, -0.2) is 4.98 Å². The normalized spacial score (nSPS) is 14.1. The molecule has 0 aliphatic carbocycles. The minimum atomic E-state index is -0.136. The molecule has 0 radical (unpaired) electrons. The fourth-order valence-electron chi connectivity index (χ4n) is 2.93. The maximum atomic E-state index is 12.4. The quantitative estimate of drug-likeness (QED) is 0.537. The van der Waals surface area contributed by atoms with Crippen LogP contribution in [0.1, 0.15) is 24.6 Å². The van der Waals surface area contributed by atoms with Gasteiger partial charge in [0.15, 0.2) is 5.16 Å². The van der Waals surface area contributed by atoms with Crippen LogP contribution in [0.2, 0.25) is 0 Å². The van der Waals surface area contributed by atoms with Crippen LogP contribution in [0.5, 0.6) is 0 Å². The standard InChI is InChI=1S/C18H21BrN4O2S/c1-2-7-23-8-6-15-14(10-23)17(25)22-18(21-15)26-11-16(24)20-13-5-3-4-12(19)9-13/h3-5,9H,2,6-8,10-11H2,1H3,(H,20,24)(H,21,22,25). The molecule has 2 aromatic rings. The van der Waals surface area contributed by atoms with Gasteiger partial charge in [0.1, 0.15) is 0 Å². The lowest BCUT2D eigenvalue weighted by molar-refractivity contribution is -0.113. The van der Waals surface area contributed by atoms with Crippen molar-refractivity contribution < 1.29 is 4.79 Å². The van der Waals surface area contributed by atoms with Crippen LogP contribution in [0.25, 0.3) is 0 Å². The van der Waals surface area contributed by atoms with Gasteiger partial charge in [-0.05, 0) is 31.2 Å². The van der Waals surface area contributed by atoms with Gasteiger partial charge in [-0.15, -0.1) is 0 Å². The van der Waals surface area contributed by atoms with Crippen molar-refractivity contribution in [2.75, 3.05) is 24.2 Å². The van der Waals surface area contributed by atoms with Crippen molar-refractivity contribution in [1.82, 2.24) is 14.9 Å². The highest BCUT2D eigenvalue weighted by atomic mass is 79.9. The second-order valence-electron chi connectivity index (χ2n) is 6.17. The van der Waals surface area contributed by atoms with Gasteiger partial charge in [-0.3, -0.25) is 14.5 Å². The zero-order chi connectivity index (χ0) is 18.5. The summed E-state index contributed by atoms with van der Waals surface area (Å²) in [5, 5.41) is 3.34. The molecule has 0 saturated heterocycles. The van der Waals surface area contributed by atoms with E-state index in [1.54, 1.807) is 0 Å². The Hall–Kier alpha value is -1.64. The molecule has 2 N–H and O–H groups in total. The predicted octanol–water partition coefficient (Wildman–Crippen LogP) is 3.03. The van der Waals surface area contributed by atoms with E-state index in [-0.39, 0.29) is 17.2 Å². The van der Waals surface area contributed by atoms with Crippen molar-refractivity contribution in [2.45, 2.75) is 31.5 Å². The van der Waals surface area contributed by atoms with E-state index < -0.39 is 0 Å². The van der Waals surface area contributed by atoms with Gasteiger partial charge >= 0.3 is 0 Å². The Bertz CT molecular complexity index is 855. The van der Waals surface area contributed by atoms with E-state index in [1.807, 2.05) is 24.3 Å². The maximum absolute atomic E-state index is 12.4. The summed E-state index contributed by atoms with van der Waals surface area (Å²) in [5.74, 6) is 0.0542. The van der Waals surface area contributed by atoms with E-state index >= 15 is 0 Å². The summed E-state index contributed by atoms with van der Waals surface area (Å²) in [5.41, 5.74) is 2.25. The molecule has 0 saturated carbocycles. The lowest BCUT2D eigenvalue weighted by atomic mass is 10.1. The van der Waals surface area contributed by atoms with Gasteiger partial charge in [-0.2, -0.15) is 0 Å². The summed E-state index contributed by atoms with van der Waals surface area (Å²) < 4.78 is 0.903. The van der Waals surface area contributed by atoms with E-state index in [1.165, 1.54) is 11.8 Å². The number of halogens is 1. The van der Waals surface area contributed by atoms with Gasteiger partial charge in [0.05, 0.1) is 17.0 Å². The van der Waals surface area contributed by atoms with Gasteiger partial charge < -0.3 is 10.3 Å². The first-order chi connectivity index (χ1) is 12.5. The molecule has 6 nitrogen and oxygen atoms in total. The number of carbonyl (C=O) groups is 1. The lowest BCUT2D eigenvalue weighted by Crippen LogP contribution is -2.36. The number of H-pyrrole nitrogens is 1. The van der Waals surface area contributed by atoms with Gasteiger partial charge in [0, 0.05) is 29.7 Å². The molecule has 1 aliphatic rings. The Balaban J connectivity index is 1.61. The first-order valence-corrected chi connectivity index (χ1v) is 10.4. The fourth-order valence-corrected chi connectivity index (χ4v) is 4.01. The third kappa shape index (κ3) is 4.96. The summed E-state index contributed by atoms with van der Waals surface area (Å²) in [7, 11) is 0. The number of benzene rings is 1. The van der Waals surface area contributed by atoms with Crippen molar-refractivity contribution in [3.8, 4) is 0 Å². The molecule has 0 bridgehead atoms. The summed E-state index contributed by atoms with van der Waals surface area (Å²) >= 11 is 4.62. The zero-order valence-electron chi connectivity index (χ0n) is 14.5. The highest BCUT2D eigenvalue weighted by Gasteiger charge is 2.20. The maximum Gasteiger partial charge on any atom is 0.256 e.